The predicted molar refractivity (Wildman–Crippen MR) is 75.8 cm³/mol. The third-order valence-electron chi connectivity index (χ3n) is 2.83. The number of nitrogens with zero attached hydrogens (tertiary/aromatic N) is 2. The molecule has 0 aliphatic rings. The molecule has 96 valence electrons. The second-order valence-electron chi connectivity index (χ2n) is 4.35. The summed E-state index contributed by atoms with van der Waals surface area (Å²) in [5, 5.41) is 6.86. The lowest BCUT2D eigenvalue weighted by Gasteiger charge is -2.17. The van der Waals surface area contributed by atoms with Crippen molar-refractivity contribution >= 4 is 11.3 Å². The molecule has 0 spiro atoms. The second kappa shape index (κ2) is 6.61. The molecule has 0 aliphatic heterocycles. The molecule has 0 radical (unpaired) electrons. The van der Waals surface area contributed by atoms with Gasteiger partial charge in [0, 0.05) is 30.2 Å². The van der Waals surface area contributed by atoms with Crippen LogP contribution in [0.5, 0.6) is 0 Å². The standard InChI is InChI=1S/C14H19N3S/c1-3-6-16-14(12-4-7-15-8-5-12)9-13-10-18-11(2)17-13/h4-5,7-8,10,14,16H,3,6,9H2,1-2H3. The summed E-state index contributed by atoms with van der Waals surface area (Å²) in [5.74, 6) is 0. The number of aryl methyl sites for hydroxylation is 1. The Bertz CT molecular complexity index is 467. The molecule has 18 heavy (non-hydrogen) atoms. The van der Waals surface area contributed by atoms with Crippen LogP contribution in [0.2, 0.25) is 0 Å². The first-order valence-electron chi connectivity index (χ1n) is 6.34. The van der Waals surface area contributed by atoms with E-state index in [0.717, 1.165) is 24.4 Å². The number of hydrogen-bond donors (Lipinski definition) is 1. The fourth-order valence-electron chi connectivity index (χ4n) is 1.93. The van der Waals surface area contributed by atoms with E-state index in [1.165, 1.54) is 11.3 Å². The molecule has 2 aromatic rings. The van der Waals surface area contributed by atoms with Crippen molar-refractivity contribution < 1.29 is 0 Å². The van der Waals surface area contributed by atoms with E-state index >= 15 is 0 Å². The van der Waals surface area contributed by atoms with Crippen molar-refractivity contribution in [3.63, 3.8) is 0 Å². The zero-order valence-electron chi connectivity index (χ0n) is 10.9. The number of thiazole rings is 1. The Morgan fingerprint density at radius 1 is 1.33 bits per heavy atom. The molecule has 0 aliphatic carbocycles. The summed E-state index contributed by atoms with van der Waals surface area (Å²) in [6, 6.07) is 4.48. The molecule has 0 saturated carbocycles. The van der Waals surface area contributed by atoms with E-state index in [1.54, 1.807) is 11.3 Å². The van der Waals surface area contributed by atoms with Gasteiger partial charge in [-0.2, -0.15) is 0 Å². The highest BCUT2D eigenvalue weighted by Gasteiger charge is 2.12. The average Bonchev–Trinajstić information content (AvgIpc) is 2.81. The third-order valence-corrected chi connectivity index (χ3v) is 3.65. The molecule has 4 heteroatoms. The Morgan fingerprint density at radius 3 is 2.72 bits per heavy atom. The maximum Gasteiger partial charge on any atom is 0.0897 e. The highest BCUT2D eigenvalue weighted by Crippen LogP contribution is 2.19. The molecule has 3 nitrogen and oxygen atoms in total. The SMILES string of the molecule is CCCNC(Cc1csc(C)n1)c1ccncc1. The van der Waals surface area contributed by atoms with Crippen LogP contribution in [0.4, 0.5) is 0 Å². The molecule has 0 fully saturated rings. The molecule has 1 atom stereocenters. The van der Waals surface area contributed by atoms with Crippen LogP contribution in [0.25, 0.3) is 0 Å². The van der Waals surface area contributed by atoms with Crippen molar-refractivity contribution in [2.45, 2.75) is 32.7 Å². The van der Waals surface area contributed by atoms with Crippen LogP contribution in [0.3, 0.4) is 0 Å². The second-order valence-corrected chi connectivity index (χ2v) is 5.41. The minimum atomic E-state index is 0.328. The van der Waals surface area contributed by atoms with Crippen LogP contribution < -0.4 is 5.32 Å². The highest BCUT2D eigenvalue weighted by atomic mass is 32.1. The van der Waals surface area contributed by atoms with Gasteiger partial charge in [0.05, 0.1) is 10.7 Å². The fourth-order valence-corrected chi connectivity index (χ4v) is 2.56. The molecule has 0 bridgehead atoms. The molecule has 2 aromatic heterocycles. The predicted octanol–water partition coefficient (Wildman–Crippen LogP) is 3.13. The summed E-state index contributed by atoms with van der Waals surface area (Å²) >= 11 is 1.71. The van der Waals surface area contributed by atoms with Crippen LogP contribution in [-0.2, 0) is 6.42 Å². The monoisotopic (exact) mass is 261 g/mol. The van der Waals surface area contributed by atoms with Gasteiger partial charge in [0.25, 0.3) is 0 Å². The van der Waals surface area contributed by atoms with Crippen molar-refractivity contribution in [2.75, 3.05) is 6.54 Å². The van der Waals surface area contributed by atoms with Crippen molar-refractivity contribution in [1.29, 1.82) is 0 Å². The quantitative estimate of drug-likeness (QED) is 0.868. The van der Waals surface area contributed by atoms with E-state index in [4.69, 9.17) is 0 Å². The molecule has 2 rings (SSSR count). The maximum absolute atomic E-state index is 4.55. The lowest BCUT2D eigenvalue weighted by atomic mass is 10.0. The summed E-state index contributed by atoms with van der Waals surface area (Å²) in [6.45, 7) is 5.26. The summed E-state index contributed by atoms with van der Waals surface area (Å²) < 4.78 is 0. The minimum Gasteiger partial charge on any atom is -0.310 e. The smallest absolute Gasteiger partial charge is 0.0897 e. The maximum atomic E-state index is 4.55. The van der Waals surface area contributed by atoms with E-state index in [0.29, 0.717) is 6.04 Å². The van der Waals surface area contributed by atoms with Crippen molar-refractivity contribution in [2.24, 2.45) is 0 Å². The Labute approximate surface area is 112 Å². The average molecular weight is 261 g/mol. The first kappa shape index (κ1) is 13.2. The molecule has 0 amide bonds. The Morgan fingerprint density at radius 2 is 2.11 bits per heavy atom. The normalized spacial score (nSPS) is 12.6. The van der Waals surface area contributed by atoms with E-state index in [9.17, 15) is 0 Å². The number of rotatable bonds is 6. The first-order chi connectivity index (χ1) is 8.79. The van der Waals surface area contributed by atoms with Crippen molar-refractivity contribution in [3.8, 4) is 0 Å². The topological polar surface area (TPSA) is 37.8 Å². The van der Waals surface area contributed by atoms with Crippen LogP contribution >= 0.6 is 11.3 Å². The van der Waals surface area contributed by atoms with Gasteiger partial charge in [-0.25, -0.2) is 4.98 Å². The van der Waals surface area contributed by atoms with Gasteiger partial charge in [0.15, 0.2) is 0 Å². The van der Waals surface area contributed by atoms with E-state index in [-0.39, 0.29) is 0 Å². The Kier molecular flexibility index (Phi) is 4.84. The van der Waals surface area contributed by atoms with Gasteiger partial charge in [-0.05, 0) is 37.6 Å². The highest BCUT2D eigenvalue weighted by molar-refractivity contribution is 7.09. The number of aromatic nitrogens is 2. The summed E-state index contributed by atoms with van der Waals surface area (Å²) in [5.41, 5.74) is 2.45. The van der Waals surface area contributed by atoms with Gasteiger partial charge in [-0.15, -0.1) is 11.3 Å². The molecular weight excluding hydrogens is 242 g/mol. The van der Waals surface area contributed by atoms with Crippen LogP contribution in [0, 0.1) is 6.92 Å². The van der Waals surface area contributed by atoms with Gasteiger partial charge in [-0.3, -0.25) is 4.98 Å². The van der Waals surface area contributed by atoms with Crippen LogP contribution in [0.1, 0.15) is 35.7 Å². The van der Waals surface area contributed by atoms with E-state index < -0.39 is 0 Å². The fraction of sp³-hybridized carbons (Fsp3) is 0.429. The third kappa shape index (κ3) is 3.62. The van der Waals surface area contributed by atoms with Gasteiger partial charge in [0.2, 0.25) is 0 Å². The van der Waals surface area contributed by atoms with Gasteiger partial charge in [0.1, 0.15) is 0 Å². The molecular formula is C14H19N3S. The summed E-state index contributed by atoms with van der Waals surface area (Å²) in [7, 11) is 0. The van der Waals surface area contributed by atoms with Gasteiger partial charge < -0.3 is 5.32 Å². The van der Waals surface area contributed by atoms with E-state index in [2.05, 4.69) is 46.6 Å². The van der Waals surface area contributed by atoms with Crippen molar-refractivity contribution in [3.05, 3.63) is 46.2 Å². The lowest BCUT2D eigenvalue weighted by Crippen LogP contribution is -2.24. The molecule has 2 heterocycles. The summed E-state index contributed by atoms with van der Waals surface area (Å²) in [6.07, 6.45) is 5.77. The molecule has 0 aromatic carbocycles. The van der Waals surface area contributed by atoms with Crippen molar-refractivity contribution in [1.82, 2.24) is 15.3 Å². The molecule has 0 saturated heterocycles. The lowest BCUT2D eigenvalue weighted by molar-refractivity contribution is 0.524. The van der Waals surface area contributed by atoms with Gasteiger partial charge >= 0.3 is 0 Å². The Balaban J connectivity index is 2.10. The number of pyridine rings is 1. The number of hydrogen-bond acceptors (Lipinski definition) is 4. The van der Waals surface area contributed by atoms with Crippen LogP contribution in [0.15, 0.2) is 29.9 Å². The van der Waals surface area contributed by atoms with Gasteiger partial charge in [-0.1, -0.05) is 6.92 Å². The molecule has 1 unspecified atom stereocenters. The zero-order chi connectivity index (χ0) is 12.8. The summed E-state index contributed by atoms with van der Waals surface area (Å²) in [4.78, 5) is 8.62. The van der Waals surface area contributed by atoms with Crippen LogP contribution in [-0.4, -0.2) is 16.5 Å². The largest absolute Gasteiger partial charge is 0.310 e. The first-order valence-corrected chi connectivity index (χ1v) is 7.22. The van der Waals surface area contributed by atoms with E-state index in [1.807, 2.05) is 12.4 Å². The Hall–Kier alpha value is -1.26. The number of nitrogens with one attached hydrogen (secondary N) is 1. The molecule has 1 N–H and O–H groups in total. The zero-order valence-corrected chi connectivity index (χ0v) is 11.7. The minimum absolute atomic E-state index is 0.328.